The first kappa shape index (κ1) is 36.6. The van der Waals surface area contributed by atoms with Gasteiger partial charge in [-0.1, -0.05) is 6.92 Å². The van der Waals surface area contributed by atoms with E-state index in [2.05, 4.69) is 6.92 Å². The minimum Gasteiger partial charge on any atom is -0.458 e. The summed E-state index contributed by atoms with van der Waals surface area (Å²) in [5.41, 5.74) is -2.01. The van der Waals surface area contributed by atoms with Gasteiger partial charge in [0.1, 0.15) is 49.3 Å². The predicted molar refractivity (Wildman–Crippen MR) is 167 cm³/mol. The van der Waals surface area contributed by atoms with Crippen molar-refractivity contribution in [3.63, 3.8) is 0 Å². The molecule has 0 radical (unpaired) electrons. The fourth-order valence-electron chi connectivity index (χ4n) is 11.2. The maximum atomic E-state index is 14.7. The molecule has 18 atom stereocenters. The van der Waals surface area contributed by atoms with Gasteiger partial charge in [-0.05, 0) is 94.0 Å². The van der Waals surface area contributed by atoms with Crippen LogP contribution in [0.1, 0.15) is 71.6 Å². The number of aliphatic hydroxyl groups excluding tert-OH is 7. The van der Waals surface area contributed by atoms with Crippen LogP contribution >= 0.6 is 0 Å². The Hall–Kier alpha value is -1.76. The smallest absolute Gasteiger partial charge is 0.331 e. The van der Waals surface area contributed by atoms with Gasteiger partial charge in [0.15, 0.2) is 6.29 Å². The zero-order valence-electron chi connectivity index (χ0n) is 28.5. The molecule has 0 aromatic rings. The second-order valence-corrected chi connectivity index (χ2v) is 16.1. The minimum absolute atomic E-state index is 0.0584. The Balaban J connectivity index is 1.18. The molecule has 3 aliphatic heterocycles. The molecule has 0 bridgehead atoms. The van der Waals surface area contributed by atoms with Gasteiger partial charge < -0.3 is 64.5 Å². The second-order valence-electron chi connectivity index (χ2n) is 16.1. The van der Waals surface area contributed by atoms with Gasteiger partial charge in [0.05, 0.1) is 29.8 Å². The Labute approximate surface area is 290 Å². The van der Waals surface area contributed by atoms with Crippen molar-refractivity contribution in [3.05, 3.63) is 11.6 Å². The lowest BCUT2D eigenvalue weighted by molar-refractivity contribution is -0.313. The number of fused-ring (bicyclic) bond motifs is 5. The van der Waals surface area contributed by atoms with Crippen molar-refractivity contribution in [1.29, 1.82) is 0 Å². The molecule has 2 saturated heterocycles. The van der Waals surface area contributed by atoms with Crippen molar-refractivity contribution < 1.29 is 74.1 Å². The number of esters is 2. The van der Waals surface area contributed by atoms with Crippen molar-refractivity contribution in [3.8, 4) is 0 Å². The summed E-state index contributed by atoms with van der Waals surface area (Å²) >= 11 is 0. The first-order valence-corrected chi connectivity index (χ1v) is 18.1. The molecule has 4 saturated carbocycles. The largest absolute Gasteiger partial charge is 0.458 e. The molecule has 3 heterocycles. The molecule has 0 spiro atoms. The molecule has 7 rings (SSSR count). The molecule has 282 valence electrons. The summed E-state index contributed by atoms with van der Waals surface area (Å²) in [5, 5.41) is 85.2. The zero-order valence-corrected chi connectivity index (χ0v) is 28.5. The van der Waals surface area contributed by atoms with Crippen molar-refractivity contribution in [2.45, 2.75) is 145 Å². The quantitative estimate of drug-likeness (QED) is 0.119. The van der Waals surface area contributed by atoms with E-state index in [-0.39, 0.29) is 42.7 Å². The number of hydrogen-bond acceptors (Lipinski definition) is 15. The summed E-state index contributed by atoms with van der Waals surface area (Å²) in [7, 11) is 0. The number of ether oxygens (including phenoxy) is 5. The molecular weight excluding hydrogens is 660 g/mol. The topological polar surface area (TPSA) is 242 Å². The summed E-state index contributed by atoms with van der Waals surface area (Å²) in [6.45, 7) is 3.16. The fraction of sp³-hybridized carbons (Fsp3) is 0.886. The van der Waals surface area contributed by atoms with Crippen LogP contribution in [-0.2, 0) is 33.3 Å². The van der Waals surface area contributed by atoms with Gasteiger partial charge in [0.25, 0.3) is 0 Å². The number of hydrogen-bond donors (Lipinski definition) is 8. The zero-order chi connectivity index (χ0) is 35.9. The summed E-state index contributed by atoms with van der Waals surface area (Å²) in [6, 6.07) is 0. The highest BCUT2D eigenvalue weighted by atomic mass is 16.7. The Kier molecular flexibility index (Phi) is 9.71. The highest BCUT2D eigenvalue weighted by Gasteiger charge is 2.71. The van der Waals surface area contributed by atoms with Crippen molar-refractivity contribution in [2.24, 2.45) is 34.5 Å². The highest BCUT2D eigenvalue weighted by Crippen LogP contribution is 2.70. The third-order valence-electron chi connectivity index (χ3n) is 14.0. The molecule has 0 unspecified atom stereocenters. The van der Waals surface area contributed by atoms with Gasteiger partial charge in [-0.3, -0.25) is 4.79 Å². The molecule has 8 N–H and O–H groups in total. The monoisotopic (exact) mass is 712 g/mol. The van der Waals surface area contributed by atoms with Gasteiger partial charge in [-0.25, -0.2) is 4.79 Å². The number of rotatable bonds is 6. The van der Waals surface area contributed by atoms with E-state index in [9.17, 15) is 50.4 Å². The molecule has 4 aliphatic carbocycles. The van der Waals surface area contributed by atoms with Crippen LogP contribution in [-0.4, -0.2) is 139 Å². The molecule has 15 nitrogen and oxygen atoms in total. The molecule has 6 fully saturated rings. The average molecular weight is 713 g/mol. The molecule has 15 heteroatoms. The maximum Gasteiger partial charge on any atom is 0.331 e. The van der Waals surface area contributed by atoms with Crippen LogP contribution in [0, 0.1) is 34.5 Å². The van der Waals surface area contributed by atoms with E-state index in [0.29, 0.717) is 51.4 Å². The summed E-state index contributed by atoms with van der Waals surface area (Å²) in [5.74, 6) is -2.09. The van der Waals surface area contributed by atoms with E-state index in [0.717, 1.165) is 5.57 Å². The maximum absolute atomic E-state index is 14.7. The molecule has 50 heavy (non-hydrogen) atoms. The van der Waals surface area contributed by atoms with Crippen LogP contribution < -0.4 is 0 Å². The molecular formula is C35H52O15. The van der Waals surface area contributed by atoms with Crippen LogP contribution in [0.15, 0.2) is 11.6 Å². The fourth-order valence-corrected chi connectivity index (χ4v) is 11.2. The minimum atomic E-state index is -1.78. The van der Waals surface area contributed by atoms with Crippen LogP contribution in [0.2, 0.25) is 0 Å². The van der Waals surface area contributed by atoms with Crippen molar-refractivity contribution >= 4 is 11.9 Å². The lowest BCUT2D eigenvalue weighted by Crippen LogP contribution is -2.66. The van der Waals surface area contributed by atoms with E-state index in [4.69, 9.17) is 23.7 Å². The average Bonchev–Trinajstić information content (AvgIpc) is 3.65. The number of aliphatic hydroxyl groups is 8. The van der Waals surface area contributed by atoms with E-state index < -0.39 is 96.5 Å². The SMILES string of the molecule is C[C@@H]1O[C@@H](O[C@H]2CC[C@@]3(C(=O)O[C@@H]4O[C@H](CO)[C@@H](O)[C@H](O)[C@H]4O)[C@H](CC[C@@H]4[C@@H]3CC[C@]3(C)[C@@H](C5=CC(=O)OC5)CC[C@]43O)C2)[C@H](O)[C@H](O)[C@H]1O. The number of carbonyl (C=O) groups excluding carboxylic acids is 2. The number of cyclic esters (lactones) is 1. The molecule has 7 aliphatic rings. The third-order valence-corrected chi connectivity index (χ3v) is 14.0. The number of carbonyl (C=O) groups is 2. The van der Waals surface area contributed by atoms with Gasteiger partial charge in [0, 0.05) is 11.5 Å². The molecule has 0 aromatic carbocycles. The summed E-state index contributed by atoms with van der Waals surface area (Å²) < 4.78 is 28.7. The summed E-state index contributed by atoms with van der Waals surface area (Å²) in [6.07, 6.45) is -8.89. The van der Waals surface area contributed by atoms with Gasteiger partial charge >= 0.3 is 11.9 Å². The van der Waals surface area contributed by atoms with Crippen molar-refractivity contribution in [1.82, 2.24) is 0 Å². The lowest BCUT2D eigenvalue weighted by Gasteiger charge is -2.63. The van der Waals surface area contributed by atoms with E-state index >= 15 is 0 Å². The van der Waals surface area contributed by atoms with Gasteiger partial charge in [0.2, 0.25) is 6.29 Å². The predicted octanol–water partition coefficient (Wildman–Crippen LogP) is -1.22. The third kappa shape index (κ3) is 5.49. The Bertz CT molecular complexity index is 1340. The molecule has 0 amide bonds. The Morgan fingerprint density at radius 1 is 0.860 bits per heavy atom. The van der Waals surface area contributed by atoms with Crippen LogP contribution in [0.25, 0.3) is 0 Å². The summed E-state index contributed by atoms with van der Waals surface area (Å²) in [4.78, 5) is 26.7. The first-order valence-electron chi connectivity index (χ1n) is 18.1. The van der Waals surface area contributed by atoms with Gasteiger partial charge in [-0.2, -0.15) is 0 Å². The van der Waals surface area contributed by atoms with Gasteiger partial charge in [-0.15, -0.1) is 0 Å². The second kappa shape index (κ2) is 13.3. The van der Waals surface area contributed by atoms with Crippen LogP contribution in [0.3, 0.4) is 0 Å². The van der Waals surface area contributed by atoms with Crippen LogP contribution in [0.5, 0.6) is 0 Å². The normalized spacial score (nSPS) is 53.4. The van der Waals surface area contributed by atoms with Crippen molar-refractivity contribution in [2.75, 3.05) is 13.2 Å². The molecule has 0 aromatic heterocycles. The standard InChI is InChI=1S/C35H52O15/c1-15-24(38)26(40)28(42)30(47-15)48-18-5-9-34(32(44)50-31-29(43)27(41)25(39)22(13-36)49-31)17(12-18)3-4-21-20(34)6-8-33(2)19(7-10-35(21,33)45)16-11-23(37)46-14-16/h11,15,17-22,24-31,36,38-43,45H,3-10,12-14H2,1-2H3/t15-,17+,18-,19+,20-,21+,22+,24-,25+,26+,27-,28+,29+,30-,31-,33+,34+,35-/m0/s1. The van der Waals surface area contributed by atoms with Crippen LogP contribution in [0.4, 0.5) is 0 Å². The van der Waals surface area contributed by atoms with E-state index in [1.165, 1.54) is 0 Å². The van der Waals surface area contributed by atoms with E-state index in [1.807, 2.05) is 0 Å². The Morgan fingerprint density at radius 3 is 2.28 bits per heavy atom. The highest BCUT2D eigenvalue weighted by molar-refractivity contribution is 5.85. The van der Waals surface area contributed by atoms with E-state index in [1.54, 1.807) is 13.0 Å². The first-order chi connectivity index (χ1) is 23.7. The lowest BCUT2D eigenvalue weighted by atomic mass is 9.42. The Morgan fingerprint density at radius 2 is 1.58 bits per heavy atom.